The van der Waals surface area contributed by atoms with E-state index in [0.29, 0.717) is 5.56 Å². The molecule has 2 N–H and O–H groups in total. The fraction of sp³-hybridized carbons (Fsp3) is 0.100. The number of carbonyl (C=O) groups is 2. The average Bonchev–Trinajstić information content (AvgIpc) is 2.68. The molecule has 0 spiro atoms. The third kappa shape index (κ3) is 4.52. The van der Waals surface area contributed by atoms with Gasteiger partial charge in [-0.15, -0.1) is 0 Å². The van der Waals surface area contributed by atoms with Gasteiger partial charge in [0.2, 0.25) is 0 Å². The van der Waals surface area contributed by atoms with Gasteiger partial charge >= 0.3 is 5.97 Å². The van der Waals surface area contributed by atoms with E-state index in [1.807, 2.05) is 0 Å². The Kier molecular flexibility index (Phi) is 5.73. The molecule has 0 unspecified atom stereocenters. The summed E-state index contributed by atoms with van der Waals surface area (Å²) in [4.78, 5) is 34.6. The summed E-state index contributed by atoms with van der Waals surface area (Å²) in [7, 11) is -4.70. The first-order chi connectivity index (χ1) is 14.5. The van der Waals surface area contributed by atoms with E-state index in [-0.39, 0.29) is 27.8 Å². The Balaban J connectivity index is 2.24. The Bertz CT molecular complexity index is 1350. The zero-order valence-corrected chi connectivity index (χ0v) is 17.1. The number of ether oxygens (including phenoxy) is 1. The second kappa shape index (κ2) is 8.13. The van der Waals surface area contributed by atoms with E-state index in [0.717, 1.165) is 13.0 Å². The number of anilines is 1. The van der Waals surface area contributed by atoms with E-state index in [2.05, 4.69) is 5.32 Å². The number of hydrogen-bond donors (Lipinski definition) is 2. The fourth-order valence-corrected chi connectivity index (χ4v) is 3.77. The predicted molar refractivity (Wildman–Crippen MR) is 111 cm³/mol. The van der Waals surface area contributed by atoms with Crippen molar-refractivity contribution in [2.24, 2.45) is 0 Å². The first-order valence-electron chi connectivity index (χ1n) is 8.77. The van der Waals surface area contributed by atoms with Crippen molar-refractivity contribution in [2.45, 2.75) is 18.7 Å². The molecule has 0 radical (unpaired) electrons. The van der Waals surface area contributed by atoms with Gasteiger partial charge < -0.3 is 10.1 Å². The highest BCUT2D eigenvalue weighted by molar-refractivity contribution is 7.86. The van der Waals surface area contributed by atoms with Crippen molar-refractivity contribution in [1.82, 2.24) is 0 Å². The molecule has 0 fully saturated rings. The maximum atomic E-state index is 12.9. The summed E-state index contributed by atoms with van der Waals surface area (Å²) in [6.07, 6.45) is 0. The number of nitrogens with zero attached hydrogens (tertiary/aromatic N) is 1. The maximum absolute atomic E-state index is 12.9. The molecule has 0 atom stereocenters. The number of esters is 1. The molecule has 3 rings (SSSR count). The lowest BCUT2D eigenvalue weighted by Gasteiger charge is -2.16. The molecule has 0 aliphatic carbocycles. The number of nitrogens with one attached hydrogen (secondary N) is 1. The third-order valence-electron chi connectivity index (χ3n) is 4.34. The number of fused-ring (bicyclic) bond motifs is 1. The van der Waals surface area contributed by atoms with Crippen molar-refractivity contribution in [1.29, 1.82) is 0 Å². The zero-order chi connectivity index (χ0) is 22.9. The highest BCUT2D eigenvalue weighted by Crippen LogP contribution is 2.38. The van der Waals surface area contributed by atoms with Gasteiger partial charge in [-0.25, -0.2) is 0 Å². The van der Waals surface area contributed by atoms with E-state index in [1.54, 1.807) is 6.92 Å². The first-order valence-corrected chi connectivity index (χ1v) is 10.2. The summed E-state index contributed by atoms with van der Waals surface area (Å²) < 4.78 is 38.3. The van der Waals surface area contributed by atoms with Gasteiger partial charge in [0.25, 0.3) is 21.7 Å². The van der Waals surface area contributed by atoms with E-state index in [4.69, 9.17) is 4.74 Å². The molecule has 31 heavy (non-hydrogen) atoms. The smallest absolute Gasteiger partial charge is 0.308 e. The van der Waals surface area contributed by atoms with Gasteiger partial charge in [-0.2, -0.15) is 8.42 Å². The van der Waals surface area contributed by atoms with Gasteiger partial charge in [-0.1, -0.05) is 30.3 Å². The molecule has 160 valence electrons. The van der Waals surface area contributed by atoms with Crippen LogP contribution in [0, 0.1) is 17.0 Å². The summed E-state index contributed by atoms with van der Waals surface area (Å²) in [5.41, 5.74) is -0.178. The van der Waals surface area contributed by atoms with Crippen molar-refractivity contribution in [3.63, 3.8) is 0 Å². The number of amides is 1. The van der Waals surface area contributed by atoms with Crippen LogP contribution in [0.5, 0.6) is 5.75 Å². The van der Waals surface area contributed by atoms with E-state index < -0.39 is 37.5 Å². The van der Waals surface area contributed by atoms with Gasteiger partial charge in [0.15, 0.2) is 5.75 Å². The van der Waals surface area contributed by atoms with Crippen LogP contribution in [0.15, 0.2) is 53.4 Å². The largest absolute Gasteiger partial charge is 0.424 e. The van der Waals surface area contributed by atoms with Crippen molar-refractivity contribution in [3.8, 4) is 5.75 Å². The monoisotopic (exact) mass is 444 g/mol. The number of aryl methyl sites for hydroxylation is 1. The second-order valence-electron chi connectivity index (χ2n) is 6.59. The highest BCUT2D eigenvalue weighted by atomic mass is 32.2. The lowest BCUT2D eigenvalue weighted by molar-refractivity contribution is -0.385. The number of hydrogen-bond acceptors (Lipinski definition) is 7. The summed E-state index contributed by atoms with van der Waals surface area (Å²) in [6.45, 7) is 2.70. The Morgan fingerprint density at radius 3 is 2.32 bits per heavy atom. The molecule has 3 aromatic carbocycles. The molecule has 0 aromatic heterocycles. The van der Waals surface area contributed by atoms with Crippen molar-refractivity contribution in [3.05, 3.63) is 69.8 Å². The molecule has 0 saturated heterocycles. The van der Waals surface area contributed by atoms with Gasteiger partial charge in [-0.3, -0.25) is 24.3 Å². The second-order valence-corrected chi connectivity index (χ2v) is 7.98. The quantitative estimate of drug-likeness (QED) is 0.199. The number of nitro groups is 1. The molecule has 0 saturated carbocycles. The van der Waals surface area contributed by atoms with Gasteiger partial charge in [-0.05, 0) is 18.6 Å². The van der Waals surface area contributed by atoms with Crippen molar-refractivity contribution < 1.29 is 32.2 Å². The van der Waals surface area contributed by atoms with Gasteiger partial charge in [0.05, 0.1) is 10.6 Å². The topological polar surface area (TPSA) is 153 Å². The van der Waals surface area contributed by atoms with E-state index in [1.165, 1.54) is 42.5 Å². The Morgan fingerprint density at radius 1 is 1.10 bits per heavy atom. The van der Waals surface area contributed by atoms with Gasteiger partial charge in [0, 0.05) is 29.8 Å². The number of rotatable bonds is 5. The minimum Gasteiger partial charge on any atom is -0.424 e. The minimum absolute atomic E-state index is 0.0506. The summed E-state index contributed by atoms with van der Waals surface area (Å²) in [5.74, 6) is -2.03. The van der Waals surface area contributed by atoms with Crippen LogP contribution < -0.4 is 10.1 Å². The minimum atomic E-state index is -4.70. The highest BCUT2D eigenvalue weighted by Gasteiger charge is 2.25. The number of carbonyl (C=O) groups excluding carboxylic acids is 2. The van der Waals surface area contributed by atoms with E-state index in [9.17, 15) is 32.7 Å². The SMILES string of the molecule is CC(=O)Oc1cc(S(=O)(=O)O)c2ccccc2c1NC(=O)c1ccc(C)cc1[N+](=O)[O-]. The van der Waals surface area contributed by atoms with Crippen molar-refractivity contribution >= 4 is 44.1 Å². The molecule has 0 heterocycles. The van der Waals surface area contributed by atoms with Crippen LogP contribution >= 0.6 is 0 Å². The van der Waals surface area contributed by atoms with Crippen LogP contribution in [-0.4, -0.2) is 29.8 Å². The molecular weight excluding hydrogens is 428 g/mol. The lowest BCUT2D eigenvalue weighted by Crippen LogP contribution is -2.16. The van der Waals surface area contributed by atoms with Crippen LogP contribution in [0.3, 0.4) is 0 Å². The first kappa shape index (κ1) is 21.9. The molecule has 0 bridgehead atoms. The predicted octanol–water partition coefficient (Wildman–Crippen LogP) is 3.48. The average molecular weight is 444 g/mol. The summed E-state index contributed by atoms with van der Waals surface area (Å²) >= 11 is 0. The molecule has 10 nitrogen and oxygen atoms in total. The molecule has 0 aliphatic rings. The van der Waals surface area contributed by atoms with Gasteiger partial charge in [0.1, 0.15) is 10.5 Å². The van der Waals surface area contributed by atoms with Crippen molar-refractivity contribution in [2.75, 3.05) is 5.32 Å². The van der Waals surface area contributed by atoms with Crippen LogP contribution in [0.25, 0.3) is 10.8 Å². The number of benzene rings is 3. The summed E-state index contributed by atoms with van der Waals surface area (Å²) in [5, 5.41) is 14.0. The van der Waals surface area contributed by atoms with Crippen LogP contribution in [0.1, 0.15) is 22.8 Å². The van der Waals surface area contributed by atoms with E-state index >= 15 is 0 Å². The molecule has 3 aromatic rings. The lowest BCUT2D eigenvalue weighted by atomic mass is 10.1. The van der Waals surface area contributed by atoms with Crippen LogP contribution in [0.2, 0.25) is 0 Å². The Labute approximate surface area is 176 Å². The maximum Gasteiger partial charge on any atom is 0.308 e. The summed E-state index contributed by atoms with van der Waals surface area (Å²) in [6, 6.07) is 10.8. The molecule has 11 heteroatoms. The molecule has 0 aliphatic heterocycles. The van der Waals surface area contributed by atoms with Crippen LogP contribution in [-0.2, 0) is 14.9 Å². The third-order valence-corrected chi connectivity index (χ3v) is 5.23. The standard InChI is InChI=1S/C20H16N2O8S/c1-11-7-8-15(16(9-11)22(25)26)20(24)21-19-14-6-4-3-5-13(14)18(31(27,28)29)10-17(19)30-12(2)23/h3-10H,1-2H3,(H,21,24)(H,27,28,29). The Morgan fingerprint density at radius 2 is 1.74 bits per heavy atom. The normalized spacial score (nSPS) is 11.2. The zero-order valence-electron chi connectivity index (χ0n) is 16.3. The molecule has 1 amide bonds. The number of nitro benzene ring substituents is 1. The van der Waals surface area contributed by atoms with Crippen LogP contribution in [0.4, 0.5) is 11.4 Å². The fourth-order valence-electron chi connectivity index (χ4n) is 3.06. The Hall–Kier alpha value is -3.83. The molecular formula is C20H16N2O8S.